The molecule has 0 radical (unpaired) electrons. The van der Waals surface area contributed by atoms with Gasteiger partial charge in [-0.15, -0.1) is 0 Å². The van der Waals surface area contributed by atoms with E-state index in [4.69, 9.17) is 0 Å². The molecule has 1 fully saturated rings. The van der Waals surface area contributed by atoms with Gasteiger partial charge in [-0.1, -0.05) is 15.9 Å². The fourth-order valence-corrected chi connectivity index (χ4v) is 2.45. The number of rotatable bonds is 4. The van der Waals surface area contributed by atoms with Gasteiger partial charge in [-0.2, -0.15) is 0 Å². The van der Waals surface area contributed by atoms with E-state index in [1.165, 1.54) is 12.1 Å². The van der Waals surface area contributed by atoms with Gasteiger partial charge in [-0.05, 0) is 23.8 Å². The maximum Gasteiger partial charge on any atom is 0.151 e. The fourth-order valence-electron chi connectivity index (χ4n) is 2.07. The number of benzene rings is 1. The summed E-state index contributed by atoms with van der Waals surface area (Å²) < 4.78 is 13.9. The first-order valence-electron chi connectivity index (χ1n) is 6.04. The SMILES string of the molecule is O=C(Cc1cc(F)ccc1Br)CN1CCNCC1. The van der Waals surface area contributed by atoms with Crippen molar-refractivity contribution < 1.29 is 9.18 Å². The van der Waals surface area contributed by atoms with E-state index in [9.17, 15) is 9.18 Å². The van der Waals surface area contributed by atoms with Gasteiger partial charge in [0.15, 0.2) is 5.78 Å². The molecule has 98 valence electrons. The zero-order valence-corrected chi connectivity index (χ0v) is 11.7. The standard InChI is InChI=1S/C13H16BrFN2O/c14-13-2-1-11(15)7-10(13)8-12(18)9-17-5-3-16-4-6-17/h1-2,7,16H,3-6,8-9H2. The first kappa shape index (κ1) is 13.6. The summed E-state index contributed by atoms with van der Waals surface area (Å²) in [5.41, 5.74) is 0.718. The Morgan fingerprint density at radius 2 is 2.11 bits per heavy atom. The Kier molecular flexibility index (Phi) is 4.86. The molecule has 1 N–H and O–H groups in total. The van der Waals surface area contributed by atoms with Crippen LogP contribution in [-0.4, -0.2) is 43.4 Å². The Bertz CT molecular complexity index is 433. The molecule has 1 aliphatic heterocycles. The van der Waals surface area contributed by atoms with Crippen molar-refractivity contribution in [2.24, 2.45) is 0 Å². The molecular formula is C13H16BrFN2O. The number of nitrogens with zero attached hydrogens (tertiary/aromatic N) is 1. The second-order valence-electron chi connectivity index (χ2n) is 4.48. The number of carbonyl (C=O) groups is 1. The lowest BCUT2D eigenvalue weighted by atomic mass is 10.1. The van der Waals surface area contributed by atoms with Gasteiger partial charge in [0.2, 0.25) is 0 Å². The van der Waals surface area contributed by atoms with Gasteiger partial charge in [0.1, 0.15) is 5.82 Å². The molecular weight excluding hydrogens is 299 g/mol. The average molecular weight is 315 g/mol. The summed E-state index contributed by atoms with van der Waals surface area (Å²) in [6.07, 6.45) is 0.280. The van der Waals surface area contributed by atoms with Crippen LogP contribution in [0.2, 0.25) is 0 Å². The Morgan fingerprint density at radius 3 is 2.83 bits per heavy atom. The summed E-state index contributed by atoms with van der Waals surface area (Å²) in [7, 11) is 0. The highest BCUT2D eigenvalue weighted by molar-refractivity contribution is 9.10. The molecule has 0 atom stereocenters. The predicted octanol–water partition coefficient (Wildman–Crippen LogP) is 1.60. The van der Waals surface area contributed by atoms with E-state index in [0.29, 0.717) is 6.54 Å². The fraction of sp³-hybridized carbons (Fsp3) is 0.462. The second kappa shape index (κ2) is 6.41. The number of ketones is 1. The molecule has 1 aromatic carbocycles. The van der Waals surface area contributed by atoms with Gasteiger partial charge in [-0.3, -0.25) is 9.69 Å². The van der Waals surface area contributed by atoms with E-state index in [0.717, 1.165) is 36.2 Å². The van der Waals surface area contributed by atoms with Crippen LogP contribution in [0.5, 0.6) is 0 Å². The van der Waals surface area contributed by atoms with Crippen molar-refractivity contribution >= 4 is 21.7 Å². The van der Waals surface area contributed by atoms with Gasteiger partial charge in [0.05, 0.1) is 6.54 Å². The smallest absolute Gasteiger partial charge is 0.151 e. The highest BCUT2D eigenvalue weighted by Crippen LogP contribution is 2.18. The van der Waals surface area contributed by atoms with Gasteiger partial charge >= 0.3 is 0 Å². The lowest BCUT2D eigenvalue weighted by Crippen LogP contribution is -2.45. The monoisotopic (exact) mass is 314 g/mol. The summed E-state index contributed by atoms with van der Waals surface area (Å²) in [5, 5.41) is 3.24. The van der Waals surface area contributed by atoms with Crippen molar-refractivity contribution in [1.82, 2.24) is 10.2 Å². The molecule has 0 aromatic heterocycles. The number of hydrogen-bond acceptors (Lipinski definition) is 3. The molecule has 0 spiro atoms. The summed E-state index contributed by atoms with van der Waals surface area (Å²) in [6.45, 7) is 4.10. The van der Waals surface area contributed by atoms with Crippen molar-refractivity contribution in [3.63, 3.8) is 0 Å². The molecule has 18 heavy (non-hydrogen) atoms. The van der Waals surface area contributed by atoms with Crippen LogP contribution in [-0.2, 0) is 11.2 Å². The molecule has 0 aliphatic carbocycles. The van der Waals surface area contributed by atoms with Gasteiger partial charge in [-0.25, -0.2) is 4.39 Å². The van der Waals surface area contributed by atoms with E-state index in [2.05, 4.69) is 26.1 Å². The van der Waals surface area contributed by atoms with Crippen molar-refractivity contribution in [1.29, 1.82) is 0 Å². The molecule has 1 aromatic rings. The molecule has 1 heterocycles. The maximum absolute atomic E-state index is 13.1. The Balaban J connectivity index is 1.92. The molecule has 1 aliphatic rings. The van der Waals surface area contributed by atoms with Crippen LogP contribution in [0.1, 0.15) is 5.56 Å². The number of halogens is 2. The van der Waals surface area contributed by atoms with Crippen LogP contribution >= 0.6 is 15.9 Å². The van der Waals surface area contributed by atoms with Crippen LogP contribution in [0.3, 0.4) is 0 Å². The maximum atomic E-state index is 13.1. The predicted molar refractivity (Wildman–Crippen MR) is 72.1 cm³/mol. The van der Waals surface area contributed by atoms with Crippen LogP contribution in [0.15, 0.2) is 22.7 Å². The Labute approximate surface area is 114 Å². The summed E-state index contributed by atoms with van der Waals surface area (Å²) in [4.78, 5) is 14.1. The minimum Gasteiger partial charge on any atom is -0.314 e. The van der Waals surface area contributed by atoms with Gasteiger partial charge in [0, 0.05) is 37.1 Å². The lowest BCUT2D eigenvalue weighted by molar-refractivity contribution is -0.119. The quantitative estimate of drug-likeness (QED) is 0.916. The third-order valence-electron chi connectivity index (χ3n) is 3.00. The van der Waals surface area contributed by atoms with Crippen LogP contribution in [0, 0.1) is 5.82 Å². The third-order valence-corrected chi connectivity index (χ3v) is 3.78. The topological polar surface area (TPSA) is 32.3 Å². The Morgan fingerprint density at radius 1 is 1.39 bits per heavy atom. The number of nitrogens with one attached hydrogen (secondary N) is 1. The first-order chi connectivity index (χ1) is 8.65. The van der Waals surface area contributed by atoms with Gasteiger partial charge in [0.25, 0.3) is 0 Å². The largest absolute Gasteiger partial charge is 0.314 e. The summed E-state index contributed by atoms with van der Waals surface area (Å²) >= 11 is 3.34. The summed E-state index contributed by atoms with van der Waals surface area (Å²) in [6, 6.07) is 4.44. The van der Waals surface area contributed by atoms with Crippen LogP contribution in [0.4, 0.5) is 4.39 Å². The second-order valence-corrected chi connectivity index (χ2v) is 5.33. The normalized spacial score (nSPS) is 16.8. The van der Waals surface area contributed by atoms with Gasteiger partial charge < -0.3 is 5.32 Å². The molecule has 2 rings (SSSR count). The third kappa shape index (κ3) is 3.86. The van der Waals surface area contributed by atoms with E-state index < -0.39 is 0 Å². The summed E-state index contributed by atoms with van der Waals surface area (Å²) in [5.74, 6) is -0.175. The minimum atomic E-state index is -0.303. The van der Waals surface area contributed by atoms with Crippen molar-refractivity contribution in [2.45, 2.75) is 6.42 Å². The zero-order valence-electron chi connectivity index (χ0n) is 10.1. The lowest BCUT2D eigenvalue weighted by Gasteiger charge is -2.26. The van der Waals surface area contributed by atoms with E-state index in [1.54, 1.807) is 6.07 Å². The van der Waals surface area contributed by atoms with Crippen molar-refractivity contribution in [3.8, 4) is 0 Å². The first-order valence-corrected chi connectivity index (χ1v) is 6.83. The highest BCUT2D eigenvalue weighted by atomic mass is 79.9. The molecule has 5 heteroatoms. The molecule has 1 saturated heterocycles. The molecule has 0 saturated carbocycles. The minimum absolute atomic E-state index is 0.128. The highest BCUT2D eigenvalue weighted by Gasteiger charge is 2.15. The van der Waals surface area contributed by atoms with Crippen LogP contribution < -0.4 is 5.32 Å². The number of carbonyl (C=O) groups excluding carboxylic acids is 1. The molecule has 0 unspecified atom stereocenters. The molecule has 0 bridgehead atoms. The van der Waals surface area contributed by atoms with E-state index in [-0.39, 0.29) is 18.0 Å². The number of Topliss-reactive ketones (excluding diaryl/α,β-unsaturated/α-hetero) is 1. The number of piperazine rings is 1. The average Bonchev–Trinajstić information content (AvgIpc) is 2.35. The van der Waals surface area contributed by atoms with Crippen molar-refractivity contribution in [2.75, 3.05) is 32.7 Å². The van der Waals surface area contributed by atoms with E-state index in [1.807, 2.05) is 0 Å². The molecule has 3 nitrogen and oxygen atoms in total. The van der Waals surface area contributed by atoms with Crippen molar-refractivity contribution in [3.05, 3.63) is 34.1 Å². The van der Waals surface area contributed by atoms with E-state index >= 15 is 0 Å². The Hall–Kier alpha value is -0.780. The van der Waals surface area contributed by atoms with Crippen LogP contribution in [0.25, 0.3) is 0 Å². The molecule has 0 amide bonds. The number of hydrogen-bond donors (Lipinski definition) is 1. The zero-order chi connectivity index (χ0) is 13.0.